The van der Waals surface area contributed by atoms with E-state index < -0.39 is 0 Å². The minimum absolute atomic E-state index is 0.209. The molecule has 4 heteroatoms. The molecule has 0 unspecified atom stereocenters. The van der Waals surface area contributed by atoms with Gasteiger partial charge in [-0.3, -0.25) is 0 Å². The second-order valence-corrected chi connectivity index (χ2v) is 7.15. The van der Waals surface area contributed by atoms with E-state index in [0.717, 1.165) is 43.8 Å². The molecular weight excluding hydrogens is 280 g/mol. The van der Waals surface area contributed by atoms with Crippen LogP contribution in [0.4, 0.5) is 0 Å². The molecule has 3 nitrogen and oxygen atoms in total. The number of methoxy groups -OCH3 is 1. The Kier molecular flexibility index (Phi) is 7.85. The Morgan fingerprint density at radius 2 is 1.90 bits per heavy atom. The fourth-order valence-corrected chi connectivity index (χ4v) is 3.94. The van der Waals surface area contributed by atoms with Gasteiger partial charge in [0, 0.05) is 18.5 Å². The molecule has 0 saturated heterocycles. The maximum Gasteiger partial charge on any atom is 0.125 e. The standard InChI is InChI=1S/C17H32N2OS/c1-7-10-18-12-15-14(11-13(4)5)19-16(21-15)17(8-2,9-3)20-6/h13,18H,7-12H2,1-6H3. The minimum Gasteiger partial charge on any atom is -0.371 e. The fourth-order valence-electron chi connectivity index (χ4n) is 2.57. The number of ether oxygens (including phenoxy) is 1. The van der Waals surface area contributed by atoms with Gasteiger partial charge in [-0.05, 0) is 38.1 Å². The van der Waals surface area contributed by atoms with Crippen LogP contribution >= 0.6 is 11.3 Å². The SMILES string of the molecule is CCCNCc1sc(C(CC)(CC)OC)nc1CC(C)C. The summed E-state index contributed by atoms with van der Waals surface area (Å²) < 4.78 is 5.85. The van der Waals surface area contributed by atoms with Gasteiger partial charge < -0.3 is 10.1 Å². The summed E-state index contributed by atoms with van der Waals surface area (Å²) in [4.78, 5) is 6.35. The lowest BCUT2D eigenvalue weighted by molar-refractivity contribution is -0.0220. The maximum atomic E-state index is 5.85. The van der Waals surface area contributed by atoms with Gasteiger partial charge in [-0.2, -0.15) is 0 Å². The summed E-state index contributed by atoms with van der Waals surface area (Å²) in [5.41, 5.74) is 1.05. The van der Waals surface area contributed by atoms with Gasteiger partial charge in [-0.25, -0.2) is 4.98 Å². The molecule has 1 rings (SSSR count). The number of hydrogen-bond acceptors (Lipinski definition) is 4. The van der Waals surface area contributed by atoms with Crippen LogP contribution in [-0.4, -0.2) is 18.6 Å². The highest BCUT2D eigenvalue weighted by Crippen LogP contribution is 2.37. The van der Waals surface area contributed by atoms with Gasteiger partial charge in [0.1, 0.15) is 10.6 Å². The quantitative estimate of drug-likeness (QED) is 0.646. The summed E-state index contributed by atoms with van der Waals surface area (Å²) in [6.45, 7) is 13.1. The first-order valence-corrected chi connectivity index (χ1v) is 9.09. The molecule has 0 aliphatic carbocycles. The van der Waals surface area contributed by atoms with Gasteiger partial charge in [-0.1, -0.05) is 34.6 Å². The van der Waals surface area contributed by atoms with E-state index in [4.69, 9.17) is 9.72 Å². The molecule has 0 amide bonds. The number of nitrogens with zero attached hydrogens (tertiary/aromatic N) is 1. The van der Waals surface area contributed by atoms with Crippen molar-refractivity contribution in [1.82, 2.24) is 10.3 Å². The molecule has 0 aliphatic rings. The number of nitrogens with one attached hydrogen (secondary N) is 1. The van der Waals surface area contributed by atoms with Crippen molar-refractivity contribution in [2.24, 2.45) is 5.92 Å². The predicted molar refractivity (Wildman–Crippen MR) is 91.9 cm³/mol. The molecule has 0 bridgehead atoms. The van der Waals surface area contributed by atoms with Crippen molar-refractivity contribution in [2.45, 2.75) is 72.4 Å². The van der Waals surface area contributed by atoms with E-state index in [1.807, 2.05) is 18.4 Å². The summed E-state index contributed by atoms with van der Waals surface area (Å²) in [7, 11) is 1.81. The first-order valence-electron chi connectivity index (χ1n) is 8.27. The second kappa shape index (κ2) is 8.86. The van der Waals surface area contributed by atoms with E-state index >= 15 is 0 Å². The number of rotatable bonds is 10. The van der Waals surface area contributed by atoms with Gasteiger partial charge in [0.2, 0.25) is 0 Å². The van der Waals surface area contributed by atoms with E-state index in [2.05, 4.69) is 39.9 Å². The molecule has 0 radical (unpaired) electrons. The highest BCUT2D eigenvalue weighted by atomic mass is 32.1. The molecule has 0 fully saturated rings. The summed E-state index contributed by atoms with van der Waals surface area (Å²) in [5.74, 6) is 0.630. The Labute approximate surface area is 134 Å². The molecule has 0 saturated carbocycles. The van der Waals surface area contributed by atoms with Gasteiger partial charge in [-0.15, -0.1) is 11.3 Å². The maximum absolute atomic E-state index is 5.85. The van der Waals surface area contributed by atoms with Crippen molar-refractivity contribution >= 4 is 11.3 Å². The third-order valence-electron chi connectivity index (χ3n) is 4.01. The molecule has 0 spiro atoms. The Balaban J connectivity index is 3.05. The van der Waals surface area contributed by atoms with Crippen molar-refractivity contribution in [1.29, 1.82) is 0 Å². The molecule has 1 aromatic rings. The number of aromatic nitrogens is 1. The average Bonchev–Trinajstić information content (AvgIpc) is 2.85. The highest BCUT2D eigenvalue weighted by Gasteiger charge is 2.32. The largest absolute Gasteiger partial charge is 0.371 e. The zero-order valence-electron chi connectivity index (χ0n) is 14.6. The molecule has 1 aromatic heterocycles. The van der Waals surface area contributed by atoms with E-state index in [9.17, 15) is 0 Å². The molecule has 122 valence electrons. The number of thiazole rings is 1. The van der Waals surface area contributed by atoms with Crippen LogP contribution in [0.2, 0.25) is 0 Å². The molecular formula is C17H32N2OS. The lowest BCUT2D eigenvalue weighted by Crippen LogP contribution is -2.26. The van der Waals surface area contributed by atoms with Gasteiger partial charge >= 0.3 is 0 Å². The van der Waals surface area contributed by atoms with Crippen LogP contribution in [0.5, 0.6) is 0 Å². The van der Waals surface area contributed by atoms with Crippen molar-refractivity contribution < 1.29 is 4.74 Å². The van der Waals surface area contributed by atoms with Crippen LogP contribution in [0, 0.1) is 5.92 Å². The summed E-state index contributed by atoms with van der Waals surface area (Å²) in [5, 5.41) is 4.67. The van der Waals surface area contributed by atoms with Crippen molar-refractivity contribution in [3.8, 4) is 0 Å². The number of hydrogen-bond donors (Lipinski definition) is 1. The van der Waals surface area contributed by atoms with Crippen LogP contribution < -0.4 is 5.32 Å². The first kappa shape index (κ1) is 18.6. The second-order valence-electron chi connectivity index (χ2n) is 6.07. The van der Waals surface area contributed by atoms with Gasteiger partial charge in [0.25, 0.3) is 0 Å². The summed E-state index contributed by atoms with van der Waals surface area (Å²) in [6, 6.07) is 0. The lowest BCUT2D eigenvalue weighted by Gasteiger charge is -2.27. The van der Waals surface area contributed by atoms with Crippen LogP contribution in [0.1, 0.15) is 69.5 Å². The Morgan fingerprint density at radius 3 is 2.38 bits per heavy atom. The topological polar surface area (TPSA) is 34.1 Å². The zero-order chi connectivity index (χ0) is 15.9. The monoisotopic (exact) mass is 312 g/mol. The van der Waals surface area contributed by atoms with Gasteiger partial charge in [0.05, 0.1) is 5.69 Å². The lowest BCUT2D eigenvalue weighted by atomic mass is 9.98. The van der Waals surface area contributed by atoms with Crippen molar-refractivity contribution in [3.05, 3.63) is 15.6 Å². The molecule has 0 atom stereocenters. The van der Waals surface area contributed by atoms with E-state index in [1.165, 1.54) is 10.6 Å². The van der Waals surface area contributed by atoms with E-state index in [-0.39, 0.29) is 5.60 Å². The van der Waals surface area contributed by atoms with Crippen LogP contribution in [-0.2, 0) is 23.3 Å². The minimum atomic E-state index is -0.209. The van der Waals surface area contributed by atoms with E-state index in [0.29, 0.717) is 5.92 Å². The smallest absolute Gasteiger partial charge is 0.125 e. The predicted octanol–water partition coefficient (Wildman–Crippen LogP) is 4.50. The van der Waals surface area contributed by atoms with Crippen LogP contribution in [0.3, 0.4) is 0 Å². The Bertz CT molecular complexity index is 403. The average molecular weight is 313 g/mol. The zero-order valence-corrected chi connectivity index (χ0v) is 15.4. The van der Waals surface area contributed by atoms with Crippen molar-refractivity contribution in [3.63, 3.8) is 0 Å². The Morgan fingerprint density at radius 1 is 1.24 bits per heavy atom. The highest BCUT2D eigenvalue weighted by molar-refractivity contribution is 7.11. The third kappa shape index (κ3) is 4.76. The summed E-state index contributed by atoms with van der Waals surface area (Å²) in [6.07, 6.45) is 4.15. The summed E-state index contributed by atoms with van der Waals surface area (Å²) >= 11 is 1.83. The molecule has 1 N–H and O–H groups in total. The Hall–Kier alpha value is -0.450. The van der Waals surface area contributed by atoms with E-state index in [1.54, 1.807) is 0 Å². The van der Waals surface area contributed by atoms with Crippen molar-refractivity contribution in [2.75, 3.05) is 13.7 Å². The third-order valence-corrected chi connectivity index (χ3v) is 5.30. The molecule has 0 aliphatic heterocycles. The van der Waals surface area contributed by atoms with Crippen LogP contribution in [0.15, 0.2) is 0 Å². The van der Waals surface area contributed by atoms with Crippen LogP contribution in [0.25, 0.3) is 0 Å². The molecule has 21 heavy (non-hydrogen) atoms. The normalized spacial score (nSPS) is 12.3. The fraction of sp³-hybridized carbons (Fsp3) is 0.824. The molecule has 1 heterocycles. The first-order chi connectivity index (χ1) is 10.0. The van der Waals surface area contributed by atoms with Gasteiger partial charge in [0.15, 0.2) is 0 Å². The molecule has 0 aromatic carbocycles.